The molecule has 0 unspecified atom stereocenters. The number of amides is 1. The number of thiophene rings is 1. The van der Waals surface area contributed by atoms with E-state index in [1.54, 1.807) is 0 Å². The van der Waals surface area contributed by atoms with E-state index in [0.717, 1.165) is 16.0 Å². The van der Waals surface area contributed by atoms with Crippen LogP contribution in [0.25, 0.3) is 0 Å². The van der Waals surface area contributed by atoms with Crippen molar-refractivity contribution in [2.24, 2.45) is 0 Å². The molecule has 0 aliphatic heterocycles. The van der Waals surface area contributed by atoms with Gasteiger partial charge in [0.2, 0.25) is 0 Å². The quantitative estimate of drug-likeness (QED) is 0.751. The van der Waals surface area contributed by atoms with E-state index >= 15 is 0 Å². The van der Waals surface area contributed by atoms with Crippen molar-refractivity contribution in [3.63, 3.8) is 0 Å². The van der Waals surface area contributed by atoms with E-state index in [1.807, 2.05) is 47.8 Å². The number of aryl methyl sites for hydroxylation is 1. The summed E-state index contributed by atoms with van der Waals surface area (Å²) in [5, 5.41) is 5.06. The van der Waals surface area contributed by atoms with Gasteiger partial charge < -0.3 is 5.32 Å². The molecule has 0 aliphatic rings. The van der Waals surface area contributed by atoms with Crippen LogP contribution in [0.1, 0.15) is 32.4 Å². The Hall–Kier alpha value is -2.39. The number of carbonyl (C=O) groups is 1. The predicted molar refractivity (Wildman–Crippen MR) is 91.2 cm³/mol. The van der Waals surface area contributed by atoms with Crippen molar-refractivity contribution in [2.45, 2.75) is 13.0 Å². The molecule has 1 amide bonds. The Kier molecular flexibility index (Phi) is 4.35. The molecule has 1 aromatic heterocycles. The second-order valence-corrected chi connectivity index (χ2v) is 6.15. The van der Waals surface area contributed by atoms with E-state index < -0.39 is 0 Å². The lowest BCUT2D eigenvalue weighted by atomic mass is 9.98. The standard InChI is InChI=1S/C19H17NOS/c1-14-9-11-16(12-10-14)18(15-6-3-2-4-7-15)20-19(21)17-8-5-13-22-17/h2-13,18H,1H3,(H,20,21)/t18-/m1/s1. The van der Waals surface area contributed by atoms with Crippen molar-refractivity contribution >= 4 is 17.2 Å². The Morgan fingerprint density at radius 1 is 0.909 bits per heavy atom. The maximum atomic E-state index is 12.4. The highest BCUT2D eigenvalue weighted by Gasteiger charge is 2.18. The first-order chi connectivity index (χ1) is 10.7. The lowest BCUT2D eigenvalue weighted by molar-refractivity contribution is 0.0947. The highest BCUT2D eigenvalue weighted by atomic mass is 32.1. The second kappa shape index (κ2) is 6.58. The number of hydrogen-bond donors (Lipinski definition) is 1. The van der Waals surface area contributed by atoms with Crippen molar-refractivity contribution < 1.29 is 4.79 Å². The maximum Gasteiger partial charge on any atom is 0.262 e. The van der Waals surface area contributed by atoms with Gasteiger partial charge in [-0.2, -0.15) is 0 Å². The molecule has 110 valence electrons. The number of rotatable bonds is 4. The molecule has 3 heteroatoms. The van der Waals surface area contributed by atoms with Crippen molar-refractivity contribution in [1.29, 1.82) is 0 Å². The van der Waals surface area contributed by atoms with Gasteiger partial charge in [0.25, 0.3) is 5.91 Å². The second-order valence-electron chi connectivity index (χ2n) is 5.21. The van der Waals surface area contributed by atoms with Crippen LogP contribution in [0, 0.1) is 6.92 Å². The van der Waals surface area contributed by atoms with E-state index in [1.165, 1.54) is 16.9 Å². The van der Waals surface area contributed by atoms with Gasteiger partial charge in [-0.15, -0.1) is 11.3 Å². The summed E-state index contributed by atoms with van der Waals surface area (Å²) < 4.78 is 0. The molecular weight excluding hydrogens is 290 g/mol. The SMILES string of the molecule is Cc1ccc([C@H](NC(=O)c2cccs2)c2ccccc2)cc1. The van der Waals surface area contributed by atoms with E-state index in [9.17, 15) is 4.79 Å². The Bertz CT molecular complexity index is 733. The van der Waals surface area contributed by atoms with Gasteiger partial charge in [0.05, 0.1) is 10.9 Å². The van der Waals surface area contributed by atoms with Crippen LogP contribution in [-0.2, 0) is 0 Å². The van der Waals surface area contributed by atoms with E-state index in [0.29, 0.717) is 0 Å². The highest BCUT2D eigenvalue weighted by molar-refractivity contribution is 7.12. The zero-order chi connectivity index (χ0) is 15.4. The number of nitrogens with one attached hydrogen (secondary N) is 1. The van der Waals surface area contributed by atoms with Crippen LogP contribution in [0.3, 0.4) is 0 Å². The summed E-state index contributed by atoms with van der Waals surface area (Å²) in [6, 6.07) is 21.9. The summed E-state index contributed by atoms with van der Waals surface area (Å²) >= 11 is 1.45. The van der Waals surface area contributed by atoms with Crippen LogP contribution < -0.4 is 5.32 Å². The topological polar surface area (TPSA) is 29.1 Å². The Morgan fingerprint density at radius 3 is 2.23 bits per heavy atom. The minimum Gasteiger partial charge on any atom is -0.340 e. The normalized spacial score (nSPS) is 11.9. The van der Waals surface area contributed by atoms with Crippen molar-refractivity contribution in [3.8, 4) is 0 Å². The summed E-state index contributed by atoms with van der Waals surface area (Å²) in [4.78, 5) is 13.2. The molecule has 0 saturated carbocycles. The molecule has 1 heterocycles. The summed E-state index contributed by atoms with van der Waals surface area (Å²) in [7, 11) is 0. The number of benzene rings is 2. The van der Waals surface area contributed by atoms with Crippen molar-refractivity contribution in [3.05, 3.63) is 93.7 Å². The predicted octanol–water partition coefficient (Wildman–Crippen LogP) is 4.58. The van der Waals surface area contributed by atoms with E-state index in [-0.39, 0.29) is 11.9 Å². The average molecular weight is 307 g/mol. The van der Waals surface area contributed by atoms with E-state index in [4.69, 9.17) is 0 Å². The fourth-order valence-corrected chi connectivity index (χ4v) is 3.00. The molecule has 0 fully saturated rings. The zero-order valence-corrected chi connectivity index (χ0v) is 13.1. The highest BCUT2D eigenvalue weighted by Crippen LogP contribution is 2.23. The van der Waals surface area contributed by atoms with Crippen LogP contribution in [-0.4, -0.2) is 5.91 Å². The van der Waals surface area contributed by atoms with Gasteiger partial charge in [-0.25, -0.2) is 0 Å². The van der Waals surface area contributed by atoms with Gasteiger partial charge in [0, 0.05) is 0 Å². The summed E-state index contributed by atoms with van der Waals surface area (Å²) in [5.74, 6) is -0.0376. The van der Waals surface area contributed by atoms with Crippen molar-refractivity contribution in [1.82, 2.24) is 5.32 Å². The third-order valence-corrected chi connectivity index (χ3v) is 4.43. The Morgan fingerprint density at radius 2 is 1.59 bits per heavy atom. The molecule has 2 aromatic carbocycles. The molecule has 3 aromatic rings. The minimum absolute atomic E-state index is 0.0376. The molecule has 0 aliphatic carbocycles. The van der Waals surface area contributed by atoms with Crippen LogP contribution in [0.4, 0.5) is 0 Å². The molecule has 1 atom stereocenters. The van der Waals surface area contributed by atoms with Gasteiger partial charge in [-0.05, 0) is 29.5 Å². The molecule has 0 radical (unpaired) electrons. The average Bonchev–Trinajstić information content (AvgIpc) is 3.09. The van der Waals surface area contributed by atoms with Crippen LogP contribution >= 0.6 is 11.3 Å². The van der Waals surface area contributed by atoms with Gasteiger partial charge >= 0.3 is 0 Å². The lowest BCUT2D eigenvalue weighted by Gasteiger charge is -2.19. The van der Waals surface area contributed by atoms with Crippen LogP contribution in [0.5, 0.6) is 0 Å². The largest absolute Gasteiger partial charge is 0.340 e. The summed E-state index contributed by atoms with van der Waals surface area (Å²) in [6.45, 7) is 2.06. The summed E-state index contributed by atoms with van der Waals surface area (Å²) in [6.07, 6.45) is 0. The van der Waals surface area contributed by atoms with E-state index in [2.05, 4.69) is 36.5 Å². The minimum atomic E-state index is -0.142. The molecule has 22 heavy (non-hydrogen) atoms. The third-order valence-electron chi connectivity index (χ3n) is 3.56. The smallest absolute Gasteiger partial charge is 0.262 e. The lowest BCUT2D eigenvalue weighted by Crippen LogP contribution is -2.28. The van der Waals surface area contributed by atoms with Gasteiger partial charge in [0.1, 0.15) is 0 Å². The molecule has 2 nitrogen and oxygen atoms in total. The molecule has 0 bridgehead atoms. The zero-order valence-electron chi connectivity index (χ0n) is 12.3. The Labute approximate surface area is 134 Å². The molecule has 0 saturated heterocycles. The van der Waals surface area contributed by atoms with Gasteiger partial charge in [-0.1, -0.05) is 66.2 Å². The third kappa shape index (κ3) is 3.26. The first-order valence-electron chi connectivity index (χ1n) is 7.20. The van der Waals surface area contributed by atoms with Crippen LogP contribution in [0.2, 0.25) is 0 Å². The first-order valence-corrected chi connectivity index (χ1v) is 8.08. The van der Waals surface area contributed by atoms with Crippen LogP contribution in [0.15, 0.2) is 72.1 Å². The number of hydrogen-bond acceptors (Lipinski definition) is 2. The first kappa shape index (κ1) is 14.5. The Balaban J connectivity index is 1.93. The molecule has 3 rings (SSSR count). The maximum absolute atomic E-state index is 12.4. The van der Waals surface area contributed by atoms with Crippen molar-refractivity contribution in [2.75, 3.05) is 0 Å². The van der Waals surface area contributed by atoms with Gasteiger partial charge in [0.15, 0.2) is 0 Å². The summed E-state index contributed by atoms with van der Waals surface area (Å²) in [5.41, 5.74) is 3.37. The fourth-order valence-electron chi connectivity index (χ4n) is 2.37. The number of carbonyl (C=O) groups excluding carboxylic acids is 1. The molecule has 1 N–H and O–H groups in total. The fraction of sp³-hybridized carbons (Fsp3) is 0.105. The van der Waals surface area contributed by atoms with Gasteiger partial charge in [-0.3, -0.25) is 4.79 Å². The molecule has 0 spiro atoms. The monoisotopic (exact) mass is 307 g/mol. The molecular formula is C19H17NOS.